The molecule has 0 aliphatic rings. The number of esters is 1. The van der Waals surface area contributed by atoms with Crippen LogP contribution in [0.2, 0.25) is 0 Å². The van der Waals surface area contributed by atoms with Crippen LogP contribution in [0.3, 0.4) is 0 Å². The lowest BCUT2D eigenvalue weighted by atomic mass is 10.1. The van der Waals surface area contributed by atoms with Crippen molar-refractivity contribution in [2.45, 2.75) is 32.5 Å². The summed E-state index contributed by atoms with van der Waals surface area (Å²) in [5.41, 5.74) is 1.30. The third kappa shape index (κ3) is 3.57. The van der Waals surface area contributed by atoms with Crippen molar-refractivity contribution in [2.24, 2.45) is 5.92 Å². The number of carbonyl (C=O) groups is 2. The van der Waals surface area contributed by atoms with Gasteiger partial charge in [0.15, 0.2) is 0 Å². The van der Waals surface area contributed by atoms with Crippen LogP contribution in [0.15, 0.2) is 0 Å². The van der Waals surface area contributed by atoms with Crippen molar-refractivity contribution >= 4 is 44.1 Å². The minimum atomic E-state index is -0.423. The maximum Gasteiger partial charge on any atom is 0.341 e. The molecule has 0 fully saturated rings. The van der Waals surface area contributed by atoms with Crippen LogP contribution in [0, 0.1) is 19.8 Å². The summed E-state index contributed by atoms with van der Waals surface area (Å²) in [7, 11) is 1.34. The predicted molar refractivity (Wildman–Crippen MR) is 81.3 cm³/mol. The van der Waals surface area contributed by atoms with Crippen LogP contribution in [-0.2, 0) is 9.53 Å². The molecule has 1 N–H and O–H groups in total. The number of alkyl halides is 1. The summed E-state index contributed by atoms with van der Waals surface area (Å²) in [6.07, 6.45) is 0. The van der Waals surface area contributed by atoms with Crippen molar-refractivity contribution < 1.29 is 14.3 Å². The number of amides is 1. The molecular formula is C13H18BrNO3S. The molecule has 6 heteroatoms. The zero-order chi connectivity index (χ0) is 14.7. The number of nitrogens with one attached hydrogen (secondary N) is 1. The highest BCUT2D eigenvalue weighted by atomic mass is 79.9. The zero-order valence-electron chi connectivity index (χ0n) is 11.7. The van der Waals surface area contributed by atoms with Crippen LogP contribution in [0.1, 0.15) is 34.6 Å². The van der Waals surface area contributed by atoms with E-state index in [4.69, 9.17) is 4.74 Å². The normalized spacial score (nSPS) is 12.4. The van der Waals surface area contributed by atoms with Gasteiger partial charge < -0.3 is 10.1 Å². The molecule has 0 saturated carbocycles. The Kier molecular flexibility index (Phi) is 5.55. The van der Waals surface area contributed by atoms with Gasteiger partial charge in [0.2, 0.25) is 5.91 Å². The fraction of sp³-hybridized carbons (Fsp3) is 0.538. The quantitative estimate of drug-likeness (QED) is 0.669. The highest BCUT2D eigenvalue weighted by Crippen LogP contribution is 2.33. The summed E-state index contributed by atoms with van der Waals surface area (Å²) in [6.45, 7) is 7.66. The van der Waals surface area contributed by atoms with Crippen molar-refractivity contribution in [3.63, 3.8) is 0 Å². The number of ether oxygens (including phenoxy) is 1. The third-order valence-electron chi connectivity index (χ3n) is 2.85. The molecule has 0 saturated heterocycles. The lowest BCUT2D eigenvalue weighted by Crippen LogP contribution is -2.27. The number of hydrogen-bond acceptors (Lipinski definition) is 4. The van der Waals surface area contributed by atoms with E-state index in [0.29, 0.717) is 10.6 Å². The highest BCUT2D eigenvalue weighted by molar-refractivity contribution is 9.10. The third-order valence-corrected chi connectivity index (χ3v) is 5.44. The van der Waals surface area contributed by atoms with Gasteiger partial charge in [-0.2, -0.15) is 0 Å². The second kappa shape index (κ2) is 6.52. The lowest BCUT2D eigenvalue weighted by Gasteiger charge is -2.13. The molecule has 1 heterocycles. The summed E-state index contributed by atoms with van der Waals surface area (Å²) in [5, 5.41) is 3.35. The molecule has 1 atom stereocenters. The molecule has 0 spiro atoms. The molecule has 0 aliphatic carbocycles. The lowest BCUT2D eigenvalue weighted by molar-refractivity contribution is -0.116. The number of carbonyl (C=O) groups excluding carboxylic acids is 2. The van der Waals surface area contributed by atoms with Crippen molar-refractivity contribution in [1.82, 2.24) is 0 Å². The second-order valence-electron chi connectivity index (χ2n) is 4.61. The standard InChI is InChI=1S/C13H18BrNO3S/c1-6(2)10(14)11(16)15-12-9(13(17)18-5)7(3)8(4)19-12/h6,10H,1-5H3,(H,15,16). The molecule has 1 unspecified atom stereocenters. The molecule has 0 bridgehead atoms. The van der Waals surface area contributed by atoms with E-state index in [1.165, 1.54) is 18.4 Å². The van der Waals surface area contributed by atoms with Crippen molar-refractivity contribution in [1.29, 1.82) is 0 Å². The fourth-order valence-electron chi connectivity index (χ4n) is 1.55. The Morgan fingerprint density at radius 1 is 1.32 bits per heavy atom. The van der Waals surface area contributed by atoms with Crippen molar-refractivity contribution in [3.8, 4) is 0 Å². The fourth-order valence-corrected chi connectivity index (χ4v) is 2.71. The Balaban J connectivity index is 3.05. The number of rotatable bonds is 4. The van der Waals surface area contributed by atoms with Gasteiger partial charge in [0.1, 0.15) is 5.00 Å². The first kappa shape index (κ1) is 16.2. The molecule has 19 heavy (non-hydrogen) atoms. The van der Waals surface area contributed by atoms with E-state index in [0.717, 1.165) is 10.4 Å². The van der Waals surface area contributed by atoms with E-state index in [-0.39, 0.29) is 16.7 Å². The van der Waals surface area contributed by atoms with E-state index in [2.05, 4.69) is 21.2 Å². The van der Waals surface area contributed by atoms with Gasteiger partial charge in [-0.1, -0.05) is 29.8 Å². The second-order valence-corrected chi connectivity index (χ2v) is 6.83. The molecular weight excluding hydrogens is 330 g/mol. The Bertz CT molecular complexity index is 496. The molecule has 1 rings (SSSR count). The van der Waals surface area contributed by atoms with Gasteiger partial charge in [-0.3, -0.25) is 4.79 Å². The number of hydrogen-bond donors (Lipinski definition) is 1. The molecule has 0 aromatic carbocycles. The molecule has 106 valence electrons. The summed E-state index contributed by atoms with van der Waals surface area (Å²) in [4.78, 5) is 24.5. The van der Waals surface area contributed by atoms with Gasteiger partial charge >= 0.3 is 5.97 Å². The molecule has 0 aliphatic heterocycles. The minimum Gasteiger partial charge on any atom is -0.465 e. The van der Waals surface area contributed by atoms with Crippen LogP contribution < -0.4 is 5.32 Å². The first-order chi connectivity index (χ1) is 8.79. The molecule has 1 aromatic heterocycles. The predicted octanol–water partition coefficient (Wildman–Crippen LogP) is 3.51. The molecule has 1 aromatic rings. The summed E-state index contributed by atoms with van der Waals surface area (Å²) in [6, 6.07) is 0. The van der Waals surface area contributed by atoms with E-state index in [1.807, 2.05) is 27.7 Å². The van der Waals surface area contributed by atoms with E-state index in [1.54, 1.807) is 0 Å². The van der Waals surface area contributed by atoms with Crippen molar-refractivity contribution in [3.05, 3.63) is 16.0 Å². The topological polar surface area (TPSA) is 55.4 Å². The van der Waals surface area contributed by atoms with Gasteiger partial charge in [0.25, 0.3) is 0 Å². The van der Waals surface area contributed by atoms with Gasteiger partial charge in [-0.15, -0.1) is 11.3 Å². The summed E-state index contributed by atoms with van der Waals surface area (Å²) in [5.74, 6) is -0.405. The van der Waals surface area contributed by atoms with Crippen LogP contribution in [0.5, 0.6) is 0 Å². The van der Waals surface area contributed by atoms with Crippen molar-refractivity contribution in [2.75, 3.05) is 12.4 Å². The van der Waals surface area contributed by atoms with Gasteiger partial charge in [-0.25, -0.2) is 4.79 Å². The van der Waals surface area contributed by atoms with Crippen LogP contribution in [0.4, 0.5) is 5.00 Å². The van der Waals surface area contributed by atoms with Crippen LogP contribution in [-0.4, -0.2) is 23.8 Å². The SMILES string of the molecule is COC(=O)c1c(NC(=O)C(Br)C(C)C)sc(C)c1C. The highest BCUT2D eigenvalue weighted by Gasteiger charge is 2.24. The Morgan fingerprint density at radius 2 is 1.89 bits per heavy atom. The maximum atomic E-state index is 12.0. The zero-order valence-corrected chi connectivity index (χ0v) is 14.1. The largest absolute Gasteiger partial charge is 0.465 e. The Hall–Kier alpha value is -0.880. The smallest absolute Gasteiger partial charge is 0.341 e. The Morgan fingerprint density at radius 3 is 2.37 bits per heavy atom. The number of anilines is 1. The number of aryl methyl sites for hydroxylation is 1. The van der Waals surface area contributed by atoms with E-state index < -0.39 is 5.97 Å². The molecule has 0 radical (unpaired) electrons. The molecule has 1 amide bonds. The van der Waals surface area contributed by atoms with E-state index >= 15 is 0 Å². The molecule has 4 nitrogen and oxygen atoms in total. The summed E-state index contributed by atoms with van der Waals surface area (Å²) < 4.78 is 4.77. The van der Waals surface area contributed by atoms with Crippen LogP contribution >= 0.6 is 27.3 Å². The first-order valence-corrected chi connectivity index (χ1v) is 7.66. The summed E-state index contributed by atoms with van der Waals surface area (Å²) >= 11 is 4.73. The average Bonchev–Trinajstić information content (AvgIpc) is 2.62. The first-order valence-electron chi connectivity index (χ1n) is 5.92. The monoisotopic (exact) mass is 347 g/mol. The number of thiophene rings is 1. The maximum absolute atomic E-state index is 12.0. The van der Waals surface area contributed by atoms with Gasteiger partial charge in [0.05, 0.1) is 17.5 Å². The van der Waals surface area contributed by atoms with Gasteiger partial charge in [-0.05, 0) is 25.3 Å². The van der Waals surface area contributed by atoms with Gasteiger partial charge in [0, 0.05) is 4.88 Å². The Labute approximate surface area is 125 Å². The minimum absolute atomic E-state index is 0.151. The van der Waals surface area contributed by atoms with E-state index in [9.17, 15) is 9.59 Å². The average molecular weight is 348 g/mol. The number of halogens is 1. The van der Waals surface area contributed by atoms with Crippen LogP contribution in [0.25, 0.3) is 0 Å². The number of methoxy groups -OCH3 is 1.